The molecule has 1 saturated heterocycles. The van der Waals surface area contributed by atoms with Gasteiger partial charge in [0.15, 0.2) is 0 Å². The molecule has 114 valence electrons. The van der Waals surface area contributed by atoms with Crippen molar-refractivity contribution in [2.24, 2.45) is 5.92 Å². The zero-order chi connectivity index (χ0) is 15.6. The van der Waals surface area contributed by atoms with Crippen molar-refractivity contribution in [2.45, 2.75) is 32.3 Å². The van der Waals surface area contributed by atoms with Crippen LogP contribution in [0.25, 0.3) is 0 Å². The molecule has 2 rings (SSSR count). The van der Waals surface area contributed by atoms with Crippen LogP contribution in [0.1, 0.15) is 32.3 Å². The number of amides is 1. The third-order valence-electron chi connectivity index (χ3n) is 3.42. The maximum Gasteiger partial charge on any atom is 0.410 e. The van der Waals surface area contributed by atoms with Gasteiger partial charge in [0, 0.05) is 31.4 Å². The largest absolute Gasteiger partial charge is 0.481 e. The Morgan fingerprint density at radius 2 is 1.90 bits per heavy atom. The number of rotatable bonds is 2. The molecule has 0 saturated carbocycles. The summed E-state index contributed by atoms with van der Waals surface area (Å²) < 4.78 is 5.32. The van der Waals surface area contributed by atoms with Gasteiger partial charge in [-0.1, -0.05) is 0 Å². The van der Waals surface area contributed by atoms with Crippen LogP contribution in [-0.2, 0) is 9.53 Å². The standard InChI is InChI=1S/C15H20N2O4/c1-15(2,3)21-14(20)17-8-11(12(9-17)13(18)19)10-4-6-16-7-5-10/h4-7,11-12H,8-9H2,1-3H3,(H,18,19)/t11-,12-/m0/s1. The summed E-state index contributed by atoms with van der Waals surface area (Å²) in [5.74, 6) is -1.76. The number of pyridine rings is 1. The van der Waals surface area contributed by atoms with E-state index in [1.807, 2.05) is 0 Å². The predicted molar refractivity (Wildman–Crippen MR) is 75.9 cm³/mol. The highest BCUT2D eigenvalue weighted by Crippen LogP contribution is 2.33. The van der Waals surface area contributed by atoms with Crippen molar-refractivity contribution in [1.29, 1.82) is 0 Å². The molecule has 1 fully saturated rings. The number of aromatic nitrogens is 1. The van der Waals surface area contributed by atoms with Crippen molar-refractivity contribution in [1.82, 2.24) is 9.88 Å². The molecule has 2 heterocycles. The Kier molecular flexibility index (Phi) is 4.16. The molecule has 6 nitrogen and oxygen atoms in total. The highest BCUT2D eigenvalue weighted by molar-refractivity contribution is 5.75. The lowest BCUT2D eigenvalue weighted by atomic mass is 9.90. The molecule has 0 bridgehead atoms. The van der Waals surface area contributed by atoms with Crippen molar-refractivity contribution in [3.05, 3.63) is 30.1 Å². The molecule has 1 aliphatic heterocycles. The van der Waals surface area contributed by atoms with E-state index in [1.54, 1.807) is 45.3 Å². The van der Waals surface area contributed by atoms with Crippen LogP contribution < -0.4 is 0 Å². The van der Waals surface area contributed by atoms with Crippen molar-refractivity contribution >= 4 is 12.1 Å². The van der Waals surface area contributed by atoms with Gasteiger partial charge in [0.05, 0.1) is 5.92 Å². The Morgan fingerprint density at radius 3 is 2.43 bits per heavy atom. The lowest BCUT2D eigenvalue weighted by Crippen LogP contribution is -2.35. The van der Waals surface area contributed by atoms with Crippen LogP contribution in [0.15, 0.2) is 24.5 Å². The van der Waals surface area contributed by atoms with E-state index in [0.717, 1.165) is 5.56 Å². The van der Waals surface area contributed by atoms with Crippen molar-refractivity contribution < 1.29 is 19.4 Å². The summed E-state index contributed by atoms with van der Waals surface area (Å²) in [4.78, 5) is 29.0. The van der Waals surface area contributed by atoms with E-state index < -0.39 is 23.6 Å². The summed E-state index contributed by atoms with van der Waals surface area (Å²) in [5.41, 5.74) is 0.286. The molecule has 1 aliphatic rings. The van der Waals surface area contributed by atoms with E-state index in [0.29, 0.717) is 6.54 Å². The van der Waals surface area contributed by atoms with Gasteiger partial charge in [0.2, 0.25) is 0 Å². The lowest BCUT2D eigenvalue weighted by molar-refractivity contribution is -0.141. The number of likely N-dealkylation sites (tertiary alicyclic amines) is 1. The first kappa shape index (κ1) is 15.3. The van der Waals surface area contributed by atoms with Crippen LogP contribution in [0, 0.1) is 5.92 Å². The average molecular weight is 292 g/mol. The minimum absolute atomic E-state index is 0.164. The van der Waals surface area contributed by atoms with Gasteiger partial charge in [0.25, 0.3) is 0 Å². The maximum atomic E-state index is 12.1. The first-order chi connectivity index (χ1) is 9.78. The minimum Gasteiger partial charge on any atom is -0.481 e. The summed E-state index contributed by atoms with van der Waals surface area (Å²) in [6.45, 7) is 5.87. The number of carbonyl (C=O) groups excluding carboxylic acids is 1. The third-order valence-corrected chi connectivity index (χ3v) is 3.42. The van der Waals surface area contributed by atoms with Crippen LogP contribution in [0.5, 0.6) is 0 Å². The van der Waals surface area contributed by atoms with E-state index in [9.17, 15) is 14.7 Å². The van der Waals surface area contributed by atoms with Crippen molar-refractivity contribution in [3.63, 3.8) is 0 Å². The SMILES string of the molecule is CC(C)(C)OC(=O)N1C[C@H](C(=O)O)[C@H](c2ccncc2)C1. The molecule has 0 aliphatic carbocycles. The second-order valence-electron chi connectivity index (χ2n) is 6.22. The van der Waals surface area contributed by atoms with Gasteiger partial charge in [-0.25, -0.2) is 4.79 Å². The average Bonchev–Trinajstić information content (AvgIpc) is 2.83. The fraction of sp³-hybridized carbons (Fsp3) is 0.533. The maximum absolute atomic E-state index is 12.1. The van der Waals surface area contributed by atoms with Gasteiger partial charge >= 0.3 is 12.1 Å². The molecule has 0 spiro atoms. The van der Waals surface area contributed by atoms with Crippen LogP contribution in [0.4, 0.5) is 4.79 Å². The summed E-state index contributed by atoms with van der Waals surface area (Å²) in [6, 6.07) is 3.58. The number of nitrogens with zero attached hydrogens (tertiary/aromatic N) is 2. The third kappa shape index (κ3) is 3.71. The Hall–Kier alpha value is -2.11. The minimum atomic E-state index is -0.900. The summed E-state index contributed by atoms with van der Waals surface area (Å²) in [7, 11) is 0. The van der Waals surface area contributed by atoms with Gasteiger partial charge < -0.3 is 14.7 Å². The summed E-state index contributed by atoms with van der Waals surface area (Å²) >= 11 is 0. The molecule has 21 heavy (non-hydrogen) atoms. The number of carboxylic acids is 1. The zero-order valence-electron chi connectivity index (χ0n) is 12.4. The molecule has 1 aromatic heterocycles. The Bertz CT molecular complexity index is 524. The lowest BCUT2D eigenvalue weighted by Gasteiger charge is -2.24. The monoisotopic (exact) mass is 292 g/mol. The van der Waals surface area contributed by atoms with Crippen LogP contribution in [0.2, 0.25) is 0 Å². The smallest absolute Gasteiger partial charge is 0.410 e. The molecule has 1 amide bonds. The summed E-state index contributed by atoms with van der Waals surface area (Å²) in [6.07, 6.45) is 2.79. The van der Waals surface area contributed by atoms with E-state index in [4.69, 9.17) is 4.74 Å². The number of carboxylic acid groups (broad SMARTS) is 1. The van der Waals surface area contributed by atoms with E-state index >= 15 is 0 Å². The first-order valence-corrected chi connectivity index (χ1v) is 6.88. The molecule has 6 heteroatoms. The van der Waals surface area contributed by atoms with E-state index in [1.165, 1.54) is 4.90 Å². The molecule has 0 aromatic carbocycles. The Balaban J connectivity index is 2.16. The summed E-state index contributed by atoms with van der Waals surface area (Å²) in [5, 5.41) is 9.38. The van der Waals surface area contributed by atoms with Gasteiger partial charge in [-0.15, -0.1) is 0 Å². The molecule has 0 radical (unpaired) electrons. The number of aliphatic carboxylic acids is 1. The Labute approximate surface area is 123 Å². The molecule has 0 unspecified atom stereocenters. The van der Waals surface area contributed by atoms with Crippen LogP contribution in [0.3, 0.4) is 0 Å². The Morgan fingerprint density at radius 1 is 1.29 bits per heavy atom. The number of carbonyl (C=O) groups is 2. The molecule has 1 N–H and O–H groups in total. The first-order valence-electron chi connectivity index (χ1n) is 6.88. The fourth-order valence-electron chi connectivity index (χ4n) is 2.48. The predicted octanol–water partition coefficient (Wildman–Crippen LogP) is 2.12. The topological polar surface area (TPSA) is 79.7 Å². The number of hydrogen-bond acceptors (Lipinski definition) is 4. The normalized spacial score (nSPS) is 22.1. The number of hydrogen-bond donors (Lipinski definition) is 1. The molecular weight excluding hydrogens is 272 g/mol. The second kappa shape index (κ2) is 5.71. The molecule has 2 atom stereocenters. The van der Waals surface area contributed by atoms with E-state index in [-0.39, 0.29) is 12.5 Å². The quantitative estimate of drug-likeness (QED) is 0.903. The zero-order valence-corrected chi connectivity index (χ0v) is 12.4. The van der Waals surface area contributed by atoms with Crippen molar-refractivity contribution in [3.8, 4) is 0 Å². The molecular formula is C15H20N2O4. The van der Waals surface area contributed by atoms with Gasteiger partial charge in [-0.2, -0.15) is 0 Å². The van der Waals surface area contributed by atoms with Gasteiger partial charge in [-0.3, -0.25) is 9.78 Å². The van der Waals surface area contributed by atoms with Gasteiger partial charge in [0.1, 0.15) is 5.60 Å². The second-order valence-corrected chi connectivity index (χ2v) is 6.22. The van der Waals surface area contributed by atoms with Crippen LogP contribution >= 0.6 is 0 Å². The van der Waals surface area contributed by atoms with Crippen LogP contribution in [-0.4, -0.2) is 45.7 Å². The highest BCUT2D eigenvalue weighted by atomic mass is 16.6. The van der Waals surface area contributed by atoms with E-state index in [2.05, 4.69) is 4.98 Å². The fourth-order valence-corrected chi connectivity index (χ4v) is 2.48. The molecule has 1 aromatic rings. The number of ether oxygens (including phenoxy) is 1. The van der Waals surface area contributed by atoms with Gasteiger partial charge in [-0.05, 0) is 38.5 Å². The van der Waals surface area contributed by atoms with Crippen molar-refractivity contribution in [2.75, 3.05) is 13.1 Å². The highest BCUT2D eigenvalue weighted by Gasteiger charge is 2.41.